The molecule has 0 bridgehead atoms. The number of halogens is 2. The molecule has 0 unspecified atom stereocenters. The molecule has 1 amide bonds. The minimum absolute atomic E-state index is 0.0628. The first-order chi connectivity index (χ1) is 14.1. The predicted molar refractivity (Wildman–Crippen MR) is 117 cm³/mol. The van der Waals surface area contributed by atoms with Crippen LogP contribution >= 0.6 is 27.5 Å². The SMILES string of the molecule is C=C(Br)C(=O)Nc1ccc(S(=O)(=O)O)c(Nc2nc(Cl)nc(-c3ccccc3)n2)c1. The van der Waals surface area contributed by atoms with Crippen molar-refractivity contribution in [3.63, 3.8) is 0 Å². The van der Waals surface area contributed by atoms with Gasteiger partial charge >= 0.3 is 0 Å². The molecule has 0 radical (unpaired) electrons. The molecule has 9 nitrogen and oxygen atoms in total. The van der Waals surface area contributed by atoms with Crippen LogP contribution < -0.4 is 10.6 Å². The fourth-order valence-electron chi connectivity index (χ4n) is 2.37. The summed E-state index contributed by atoms with van der Waals surface area (Å²) in [7, 11) is -4.59. The molecule has 0 aliphatic carbocycles. The summed E-state index contributed by atoms with van der Waals surface area (Å²) in [4.78, 5) is 23.6. The van der Waals surface area contributed by atoms with Crippen LogP contribution in [0.5, 0.6) is 0 Å². The summed E-state index contributed by atoms with van der Waals surface area (Å²) in [6.07, 6.45) is 0. The number of carbonyl (C=O) groups is 1. The van der Waals surface area contributed by atoms with Crippen LogP contribution in [0, 0.1) is 0 Å². The average molecular weight is 511 g/mol. The van der Waals surface area contributed by atoms with Crippen LogP contribution in [0.4, 0.5) is 17.3 Å². The minimum Gasteiger partial charge on any atom is -0.323 e. The molecule has 2 aromatic carbocycles. The van der Waals surface area contributed by atoms with Crippen molar-refractivity contribution in [1.29, 1.82) is 0 Å². The minimum atomic E-state index is -4.59. The molecule has 1 heterocycles. The van der Waals surface area contributed by atoms with Crippen molar-refractivity contribution in [3.05, 3.63) is 64.9 Å². The quantitative estimate of drug-likeness (QED) is 0.334. The summed E-state index contributed by atoms with van der Waals surface area (Å²) in [6, 6.07) is 12.6. The molecule has 0 aliphatic heterocycles. The van der Waals surface area contributed by atoms with Gasteiger partial charge in [-0.3, -0.25) is 9.35 Å². The van der Waals surface area contributed by atoms with E-state index in [4.69, 9.17) is 11.6 Å². The van der Waals surface area contributed by atoms with Gasteiger partial charge in [-0.05, 0) is 45.7 Å². The Balaban J connectivity index is 2.03. The van der Waals surface area contributed by atoms with Crippen LogP contribution in [0.1, 0.15) is 0 Å². The maximum atomic E-state index is 11.8. The highest BCUT2D eigenvalue weighted by Crippen LogP contribution is 2.28. The van der Waals surface area contributed by atoms with Crippen molar-refractivity contribution in [1.82, 2.24) is 15.0 Å². The lowest BCUT2D eigenvalue weighted by Gasteiger charge is -2.12. The molecule has 3 aromatic rings. The monoisotopic (exact) mass is 509 g/mol. The highest BCUT2D eigenvalue weighted by atomic mass is 79.9. The maximum absolute atomic E-state index is 11.8. The summed E-state index contributed by atoms with van der Waals surface area (Å²) in [5.74, 6) is -0.339. The van der Waals surface area contributed by atoms with E-state index in [0.29, 0.717) is 5.56 Å². The second kappa shape index (κ2) is 8.88. The zero-order valence-corrected chi connectivity index (χ0v) is 18.2. The van der Waals surface area contributed by atoms with Crippen LogP contribution in [0.15, 0.2) is 64.5 Å². The summed E-state index contributed by atoms with van der Waals surface area (Å²) in [6.45, 7) is 3.46. The lowest BCUT2D eigenvalue weighted by atomic mass is 10.2. The lowest BCUT2D eigenvalue weighted by Crippen LogP contribution is -2.12. The first kappa shape index (κ1) is 21.8. The topological polar surface area (TPSA) is 134 Å². The van der Waals surface area contributed by atoms with Crippen molar-refractivity contribution in [2.24, 2.45) is 0 Å². The van der Waals surface area contributed by atoms with Gasteiger partial charge in [0.15, 0.2) is 5.82 Å². The molecule has 30 heavy (non-hydrogen) atoms. The smallest absolute Gasteiger partial charge is 0.296 e. The fraction of sp³-hybridized carbons (Fsp3) is 0. The Labute approximate surface area is 185 Å². The van der Waals surface area contributed by atoms with Gasteiger partial charge < -0.3 is 10.6 Å². The largest absolute Gasteiger partial charge is 0.323 e. The van der Waals surface area contributed by atoms with Crippen molar-refractivity contribution in [2.75, 3.05) is 10.6 Å². The van der Waals surface area contributed by atoms with Gasteiger partial charge in [0, 0.05) is 11.3 Å². The molecule has 0 saturated heterocycles. The molecule has 3 N–H and O–H groups in total. The van der Waals surface area contributed by atoms with E-state index in [0.717, 1.165) is 6.07 Å². The van der Waals surface area contributed by atoms with Gasteiger partial charge in [-0.15, -0.1) is 0 Å². The molecule has 0 fully saturated rings. The van der Waals surface area contributed by atoms with E-state index in [-0.39, 0.29) is 32.9 Å². The zero-order chi connectivity index (χ0) is 21.9. The van der Waals surface area contributed by atoms with Crippen LogP contribution in [-0.2, 0) is 14.9 Å². The molecular weight excluding hydrogens is 498 g/mol. The van der Waals surface area contributed by atoms with E-state index >= 15 is 0 Å². The first-order valence-electron chi connectivity index (χ1n) is 8.15. The van der Waals surface area contributed by atoms with Crippen LogP contribution in [0.3, 0.4) is 0 Å². The van der Waals surface area contributed by atoms with Gasteiger partial charge in [0.1, 0.15) is 4.90 Å². The van der Waals surface area contributed by atoms with Gasteiger partial charge in [-0.25, -0.2) is 0 Å². The van der Waals surface area contributed by atoms with E-state index in [1.54, 1.807) is 24.3 Å². The number of nitrogens with one attached hydrogen (secondary N) is 2. The van der Waals surface area contributed by atoms with E-state index in [2.05, 4.69) is 48.1 Å². The summed E-state index contributed by atoms with van der Waals surface area (Å²) in [5.41, 5.74) is 0.812. The number of hydrogen-bond donors (Lipinski definition) is 3. The number of hydrogen-bond acceptors (Lipinski definition) is 7. The zero-order valence-electron chi connectivity index (χ0n) is 15.0. The first-order valence-corrected chi connectivity index (χ1v) is 10.8. The Kier molecular flexibility index (Phi) is 6.46. The van der Waals surface area contributed by atoms with Gasteiger partial charge in [-0.2, -0.15) is 23.4 Å². The Bertz CT molecular complexity index is 1240. The van der Waals surface area contributed by atoms with Crippen molar-refractivity contribution >= 4 is 60.9 Å². The Hall–Kier alpha value is -2.86. The summed E-state index contributed by atoms with van der Waals surface area (Å²) in [5, 5.41) is 5.09. The van der Waals surface area contributed by atoms with E-state index in [1.807, 2.05) is 6.07 Å². The van der Waals surface area contributed by atoms with Gasteiger partial charge in [0.05, 0.1) is 10.2 Å². The molecule has 0 spiro atoms. The molecule has 0 saturated carbocycles. The Morgan fingerprint density at radius 1 is 1.10 bits per heavy atom. The fourth-order valence-corrected chi connectivity index (χ4v) is 3.26. The van der Waals surface area contributed by atoms with Crippen LogP contribution in [0.2, 0.25) is 5.28 Å². The summed E-state index contributed by atoms with van der Waals surface area (Å²) >= 11 is 8.94. The molecule has 0 atom stereocenters. The molecule has 12 heteroatoms. The van der Waals surface area contributed by atoms with Crippen LogP contribution in [-0.4, -0.2) is 33.8 Å². The van der Waals surface area contributed by atoms with Crippen molar-refractivity contribution < 1.29 is 17.8 Å². The third kappa shape index (κ3) is 5.39. The highest BCUT2D eigenvalue weighted by molar-refractivity contribution is 9.12. The van der Waals surface area contributed by atoms with Gasteiger partial charge in [-0.1, -0.05) is 36.9 Å². The number of nitrogens with zero attached hydrogens (tertiary/aromatic N) is 3. The van der Waals surface area contributed by atoms with Crippen LogP contribution in [0.25, 0.3) is 11.4 Å². The van der Waals surface area contributed by atoms with Gasteiger partial charge in [0.2, 0.25) is 11.2 Å². The number of rotatable bonds is 6. The van der Waals surface area contributed by atoms with Gasteiger partial charge in [0.25, 0.3) is 16.0 Å². The molecule has 0 aliphatic rings. The third-order valence-corrected chi connectivity index (χ3v) is 5.09. The number of amides is 1. The molecule has 3 rings (SSSR count). The summed E-state index contributed by atoms with van der Waals surface area (Å²) < 4.78 is 33.2. The normalized spacial score (nSPS) is 11.0. The second-order valence-electron chi connectivity index (χ2n) is 5.79. The number of benzene rings is 2. The van der Waals surface area contributed by atoms with E-state index in [9.17, 15) is 17.8 Å². The molecular formula is C18H13BrClN5O4S. The van der Waals surface area contributed by atoms with E-state index in [1.165, 1.54) is 12.1 Å². The lowest BCUT2D eigenvalue weighted by molar-refractivity contribution is -0.112. The molecule has 154 valence electrons. The van der Waals surface area contributed by atoms with Crippen molar-refractivity contribution in [3.8, 4) is 11.4 Å². The predicted octanol–water partition coefficient (Wildman–Crippen LogP) is 4.03. The highest BCUT2D eigenvalue weighted by Gasteiger charge is 2.18. The second-order valence-corrected chi connectivity index (χ2v) is 8.47. The standard InChI is InChI=1S/C18H13BrClN5O4S/c1-10(19)16(26)21-12-7-8-14(30(27,28)29)13(9-12)22-18-24-15(23-17(20)25-18)11-5-3-2-4-6-11/h2-9H,1H2,(H,21,26)(H,27,28,29)(H,22,23,24,25). The average Bonchev–Trinajstić information content (AvgIpc) is 2.67. The molecule has 1 aromatic heterocycles. The number of anilines is 3. The third-order valence-electron chi connectivity index (χ3n) is 3.65. The Morgan fingerprint density at radius 3 is 2.43 bits per heavy atom. The van der Waals surface area contributed by atoms with E-state index < -0.39 is 20.9 Å². The number of carbonyl (C=O) groups excluding carboxylic acids is 1. The Morgan fingerprint density at radius 2 is 1.80 bits per heavy atom. The van der Waals surface area contributed by atoms with Crippen molar-refractivity contribution in [2.45, 2.75) is 4.90 Å². The number of aromatic nitrogens is 3. The maximum Gasteiger partial charge on any atom is 0.296 e.